The molecule has 1 unspecified atom stereocenters. The molecule has 0 saturated carbocycles. The average Bonchev–Trinajstić information content (AvgIpc) is 2.96. The molecule has 0 bridgehead atoms. The summed E-state index contributed by atoms with van der Waals surface area (Å²) < 4.78 is 0. The number of thiophene rings is 1. The summed E-state index contributed by atoms with van der Waals surface area (Å²) in [5, 5.41) is 9.69. The predicted octanol–water partition coefficient (Wildman–Crippen LogP) is 1.51. The van der Waals surface area contributed by atoms with Crippen LogP contribution in [0.25, 0.3) is 10.2 Å². The zero-order chi connectivity index (χ0) is 15.1. The minimum absolute atomic E-state index is 0.106. The van der Waals surface area contributed by atoms with E-state index >= 15 is 0 Å². The van der Waals surface area contributed by atoms with Gasteiger partial charge in [-0.15, -0.1) is 11.3 Å². The van der Waals surface area contributed by atoms with Crippen molar-refractivity contribution < 1.29 is 9.90 Å². The van der Waals surface area contributed by atoms with Crippen LogP contribution in [0.4, 0.5) is 0 Å². The Bertz CT molecular complexity index is 765. The summed E-state index contributed by atoms with van der Waals surface area (Å²) in [7, 11) is 0. The third-order valence-electron chi connectivity index (χ3n) is 4.08. The number of hydrogen-bond donors (Lipinski definition) is 2. The lowest BCUT2D eigenvalue weighted by Crippen LogP contribution is -2.25. The van der Waals surface area contributed by atoms with Gasteiger partial charge in [-0.25, -0.2) is 4.98 Å². The number of aromatic nitrogens is 2. The van der Waals surface area contributed by atoms with Crippen LogP contribution in [-0.2, 0) is 11.3 Å². The number of aryl methyl sites for hydroxylation is 2. The molecule has 0 radical (unpaired) electrons. The topological polar surface area (TPSA) is 86.3 Å². The first-order chi connectivity index (χ1) is 9.95. The number of carboxylic acid groups (broad SMARTS) is 1. The van der Waals surface area contributed by atoms with Gasteiger partial charge in [-0.1, -0.05) is 0 Å². The Hall–Kier alpha value is -1.73. The van der Waals surface area contributed by atoms with Crippen LogP contribution < -0.4 is 5.56 Å². The monoisotopic (exact) mass is 307 g/mol. The lowest BCUT2D eigenvalue weighted by Gasteiger charge is -2.14. The molecule has 1 atom stereocenters. The first-order valence-corrected chi connectivity index (χ1v) is 7.71. The van der Waals surface area contributed by atoms with Gasteiger partial charge in [-0.05, 0) is 32.4 Å². The van der Waals surface area contributed by atoms with Crippen LogP contribution in [-0.4, -0.2) is 39.0 Å². The maximum atomic E-state index is 12.2. The first-order valence-electron chi connectivity index (χ1n) is 6.89. The fraction of sp³-hybridized carbons (Fsp3) is 0.500. The maximum absolute atomic E-state index is 12.2. The van der Waals surface area contributed by atoms with Gasteiger partial charge in [0.25, 0.3) is 5.56 Å². The van der Waals surface area contributed by atoms with E-state index in [1.54, 1.807) is 0 Å². The van der Waals surface area contributed by atoms with E-state index in [0.717, 1.165) is 21.8 Å². The van der Waals surface area contributed by atoms with Gasteiger partial charge >= 0.3 is 5.97 Å². The van der Waals surface area contributed by atoms with E-state index in [9.17, 15) is 9.59 Å². The molecule has 2 aromatic heterocycles. The van der Waals surface area contributed by atoms with Gasteiger partial charge in [0.15, 0.2) is 0 Å². The Labute approximate surface area is 125 Å². The molecule has 7 heteroatoms. The Morgan fingerprint density at radius 2 is 2.29 bits per heavy atom. The van der Waals surface area contributed by atoms with Crippen molar-refractivity contribution in [1.29, 1.82) is 0 Å². The summed E-state index contributed by atoms with van der Waals surface area (Å²) in [5.41, 5.74) is 0.883. The second-order valence-electron chi connectivity index (χ2n) is 5.53. The number of hydrogen-bond acceptors (Lipinski definition) is 5. The number of carboxylic acids is 1. The van der Waals surface area contributed by atoms with Gasteiger partial charge in [0, 0.05) is 11.4 Å². The summed E-state index contributed by atoms with van der Waals surface area (Å²) in [6, 6.07) is 0. The molecule has 6 nitrogen and oxygen atoms in total. The number of fused-ring (bicyclic) bond motifs is 1. The second-order valence-corrected chi connectivity index (χ2v) is 6.74. The van der Waals surface area contributed by atoms with E-state index in [4.69, 9.17) is 5.11 Å². The number of aromatic amines is 1. The van der Waals surface area contributed by atoms with Crippen molar-refractivity contribution in [3.63, 3.8) is 0 Å². The summed E-state index contributed by atoms with van der Waals surface area (Å²) in [6.07, 6.45) is 0.652. The smallest absolute Gasteiger partial charge is 0.307 e. The molecule has 1 aliphatic rings. The number of likely N-dealkylation sites (tertiary alicyclic amines) is 1. The number of nitrogens with zero attached hydrogens (tertiary/aromatic N) is 2. The highest BCUT2D eigenvalue weighted by Crippen LogP contribution is 2.26. The van der Waals surface area contributed by atoms with Crippen molar-refractivity contribution >= 4 is 27.5 Å². The van der Waals surface area contributed by atoms with Gasteiger partial charge < -0.3 is 10.1 Å². The van der Waals surface area contributed by atoms with E-state index < -0.39 is 5.97 Å². The summed E-state index contributed by atoms with van der Waals surface area (Å²) in [6.45, 7) is 5.65. The van der Waals surface area contributed by atoms with Crippen molar-refractivity contribution in [1.82, 2.24) is 14.9 Å². The molecule has 2 aromatic rings. The summed E-state index contributed by atoms with van der Waals surface area (Å²) in [4.78, 5) is 34.4. The lowest BCUT2D eigenvalue weighted by atomic mass is 10.1. The van der Waals surface area contributed by atoms with Crippen LogP contribution in [0.15, 0.2) is 4.79 Å². The van der Waals surface area contributed by atoms with E-state index in [1.165, 1.54) is 11.3 Å². The van der Waals surface area contributed by atoms with Crippen molar-refractivity contribution in [2.45, 2.75) is 26.8 Å². The molecule has 1 saturated heterocycles. The molecule has 0 aliphatic carbocycles. The molecule has 112 valence electrons. The van der Waals surface area contributed by atoms with Crippen LogP contribution in [0, 0.1) is 19.8 Å². The zero-order valence-electron chi connectivity index (χ0n) is 12.0. The van der Waals surface area contributed by atoms with E-state index in [0.29, 0.717) is 30.7 Å². The van der Waals surface area contributed by atoms with Gasteiger partial charge in [0.2, 0.25) is 0 Å². The molecular weight excluding hydrogens is 290 g/mol. The minimum atomic E-state index is -0.751. The highest BCUT2D eigenvalue weighted by molar-refractivity contribution is 7.18. The average molecular weight is 307 g/mol. The van der Waals surface area contributed by atoms with E-state index in [2.05, 4.69) is 9.97 Å². The summed E-state index contributed by atoms with van der Waals surface area (Å²) in [5.74, 6) is -0.453. The molecular formula is C14H17N3O3S. The maximum Gasteiger partial charge on any atom is 0.307 e. The highest BCUT2D eigenvalue weighted by Gasteiger charge is 2.28. The molecule has 0 aromatic carbocycles. The van der Waals surface area contributed by atoms with Crippen molar-refractivity contribution in [2.24, 2.45) is 5.92 Å². The minimum Gasteiger partial charge on any atom is -0.481 e. The normalized spacial score (nSPS) is 19.4. The first kappa shape index (κ1) is 14.2. The van der Waals surface area contributed by atoms with Crippen molar-refractivity contribution in [2.75, 3.05) is 13.1 Å². The standard InChI is InChI=1S/C14H17N3O3S/c1-7-8(2)21-13-11(7)12(18)15-10(16-13)6-17-4-3-9(5-17)14(19)20/h9H,3-6H2,1-2H3,(H,19,20)(H,15,16,18). The molecule has 2 N–H and O–H groups in total. The molecule has 21 heavy (non-hydrogen) atoms. The van der Waals surface area contributed by atoms with Gasteiger partial charge in [0.1, 0.15) is 10.7 Å². The Balaban J connectivity index is 1.86. The zero-order valence-corrected chi connectivity index (χ0v) is 12.8. The van der Waals surface area contributed by atoms with Gasteiger partial charge in [-0.3, -0.25) is 14.5 Å². The van der Waals surface area contributed by atoms with Crippen LogP contribution in [0.1, 0.15) is 22.7 Å². The number of H-pyrrole nitrogens is 1. The number of rotatable bonds is 3. The van der Waals surface area contributed by atoms with Gasteiger partial charge in [-0.2, -0.15) is 0 Å². The Kier molecular flexibility index (Phi) is 3.54. The van der Waals surface area contributed by atoms with E-state index in [-0.39, 0.29) is 11.5 Å². The fourth-order valence-electron chi connectivity index (χ4n) is 2.76. The fourth-order valence-corrected chi connectivity index (χ4v) is 3.81. The third kappa shape index (κ3) is 2.58. The molecule has 1 fully saturated rings. The SMILES string of the molecule is Cc1sc2nc(CN3CCC(C(=O)O)C3)[nH]c(=O)c2c1C. The van der Waals surface area contributed by atoms with Crippen LogP contribution in [0.2, 0.25) is 0 Å². The Morgan fingerprint density at radius 1 is 1.52 bits per heavy atom. The predicted molar refractivity (Wildman–Crippen MR) is 80.7 cm³/mol. The number of aliphatic carboxylic acids is 1. The molecule has 1 aliphatic heterocycles. The highest BCUT2D eigenvalue weighted by atomic mass is 32.1. The van der Waals surface area contributed by atoms with Crippen LogP contribution in [0.3, 0.4) is 0 Å². The van der Waals surface area contributed by atoms with Crippen LogP contribution in [0.5, 0.6) is 0 Å². The van der Waals surface area contributed by atoms with Crippen LogP contribution >= 0.6 is 11.3 Å². The van der Waals surface area contributed by atoms with E-state index in [1.807, 2.05) is 18.7 Å². The van der Waals surface area contributed by atoms with Gasteiger partial charge in [0.05, 0.1) is 17.8 Å². The quantitative estimate of drug-likeness (QED) is 0.897. The summed E-state index contributed by atoms with van der Waals surface area (Å²) >= 11 is 1.53. The van der Waals surface area contributed by atoms with Crippen molar-refractivity contribution in [3.05, 3.63) is 26.6 Å². The van der Waals surface area contributed by atoms with Crippen molar-refractivity contribution in [3.8, 4) is 0 Å². The molecule has 3 rings (SSSR count). The number of nitrogens with one attached hydrogen (secondary N) is 1. The largest absolute Gasteiger partial charge is 0.481 e. The third-order valence-corrected chi connectivity index (χ3v) is 5.18. The molecule has 0 spiro atoms. The lowest BCUT2D eigenvalue weighted by molar-refractivity contribution is -0.141. The second kappa shape index (κ2) is 5.23. The molecule has 3 heterocycles. The Morgan fingerprint density at radius 3 is 2.95 bits per heavy atom. The molecule has 0 amide bonds. The number of carbonyl (C=O) groups is 1.